The number of aromatic nitrogens is 1. The summed E-state index contributed by atoms with van der Waals surface area (Å²) in [5.41, 5.74) is 12.3. The Morgan fingerprint density at radius 2 is 1.28 bits per heavy atom. The average molecular weight is 589 g/mol. The number of benzene rings is 7. The predicted octanol–water partition coefficient (Wildman–Crippen LogP) is 12.1. The fourth-order valence-electron chi connectivity index (χ4n) is 7.72. The molecule has 1 aliphatic rings. The summed E-state index contributed by atoms with van der Waals surface area (Å²) in [6.45, 7) is 6.38. The van der Waals surface area contributed by atoms with E-state index in [1.54, 1.807) is 0 Å². The van der Waals surface area contributed by atoms with Crippen LogP contribution in [0.1, 0.15) is 29.2 Å². The summed E-state index contributed by atoms with van der Waals surface area (Å²) < 4.78 is 2.53. The molecule has 1 aromatic heterocycles. The summed E-state index contributed by atoms with van der Waals surface area (Å²) in [6.07, 6.45) is 7.33. The molecule has 0 amide bonds. The first-order valence-electron chi connectivity index (χ1n) is 16.0. The van der Waals surface area contributed by atoms with Crippen molar-refractivity contribution in [2.45, 2.75) is 13.3 Å². The second kappa shape index (κ2) is 10.4. The molecule has 2 heterocycles. The predicted molar refractivity (Wildman–Crippen MR) is 198 cm³/mol. The second-order valence-electron chi connectivity index (χ2n) is 12.1. The van der Waals surface area contributed by atoms with Crippen molar-refractivity contribution in [1.82, 2.24) is 4.57 Å². The lowest BCUT2D eigenvalue weighted by Crippen LogP contribution is -2.18. The van der Waals surface area contributed by atoms with Crippen molar-refractivity contribution in [3.05, 3.63) is 168 Å². The summed E-state index contributed by atoms with van der Waals surface area (Å²) in [6, 6.07) is 48.8. The molecule has 0 saturated carbocycles. The highest BCUT2D eigenvalue weighted by Crippen LogP contribution is 2.47. The summed E-state index contributed by atoms with van der Waals surface area (Å²) in [5, 5.41) is 7.43. The fraction of sp³-hybridized carbons (Fsp3) is 0.0455. The number of nitrogens with zero attached hydrogens (tertiary/aromatic N) is 2. The Labute approximate surface area is 268 Å². The topological polar surface area (TPSA) is 8.17 Å². The highest BCUT2D eigenvalue weighted by molar-refractivity contribution is 6.27. The third-order valence-electron chi connectivity index (χ3n) is 9.62. The molecule has 0 saturated heterocycles. The van der Waals surface area contributed by atoms with Gasteiger partial charge in [0.15, 0.2) is 0 Å². The van der Waals surface area contributed by atoms with Gasteiger partial charge in [-0.1, -0.05) is 128 Å². The highest BCUT2D eigenvalue weighted by Gasteiger charge is 2.26. The zero-order valence-corrected chi connectivity index (χ0v) is 25.7. The van der Waals surface area contributed by atoms with Crippen molar-refractivity contribution in [2.75, 3.05) is 4.90 Å². The van der Waals surface area contributed by atoms with E-state index in [9.17, 15) is 0 Å². The summed E-state index contributed by atoms with van der Waals surface area (Å²) in [5.74, 6) is 0. The van der Waals surface area contributed by atoms with Gasteiger partial charge < -0.3 is 9.47 Å². The average Bonchev–Trinajstić information content (AvgIpc) is 3.47. The summed E-state index contributed by atoms with van der Waals surface area (Å²) in [7, 11) is 0. The van der Waals surface area contributed by atoms with Crippen LogP contribution >= 0.6 is 0 Å². The maximum absolute atomic E-state index is 4.28. The maximum Gasteiger partial charge on any atom is 0.0626 e. The largest absolute Gasteiger partial charge is 0.310 e. The molecule has 2 heteroatoms. The van der Waals surface area contributed by atoms with E-state index < -0.39 is 0 Å². The number of hydrogen-bond acceptors (Lipinski definition) is 1. The Morgan fingerprint density at radius 1 is 0.565 bits per heavy atom. The Kier molecular flexibility index (Phi) is 5.97. The smallest absolute Gasteiger partial charge is 0.0626 e. The molecule has 218 valence electrons. The molecule has 9 rings (SSSR count). The van der Waals surface area contributed by atoms with Crippen LogP contribution in [0.2, 0.25) is 0 Å². The molecular weight excluding hydrogens is 556 g/mol. The fourth-order valence-corrected chi connectivity index (χ4v) is 7.72. The molecule has 46 heavy (non-hydrogen) atoms. The molecule has 7 aromatic carbocycles. The van der Waals surface area contributed by atoms with Crippen molar-refractivity contribution in [2.24, 2.45) is 0 Å². The number of anilines is 3. The van der Waals surface area contributed by atoms with Crippen molar-refractivity contribution >= 4 is 72.6 Å². The minimum atomic E-state index is 0.905. The Balaban J connectivity index is 1.46. The normalized spacial score (nSPS) is 12.8. The van der Waals surface area contributed by atoms with Crippen molar-refractivity contribution < 1.29 is 0 Å². The van der Waals surface area contributed by atoms with Gasteiger partial charge in [-0.15, -0.1) is 0 Å². The van der Waals surface area contributed by atoms with Crippen LogP contribution in [-0.2, 0) is 6.42 Å². The Hall–Kier alpha value is -5.86. The van der Waals surface area contributed by atoms with Gasteiger partial charge in [-0.05, 0) is 70.3 Å². The van der Waals surface area contributed by atoms with E-state index in [1.807, 2.05) is 6.08 Å². The molecule has 1 aliphatic heterocycles. The minimum absolute atomic E-state index is 0.905. The molecule has 8 aromatic rings. The lowest BCUT2D eigenvalue weighted by molar-refractivity contribution is 1.07. The summed E-state index contributed by atoms with van der Waals surface area (Å²) >= 11 is 0. The van der Waals surface area contributed by atoms with E-state index in [1.165, 1.54) is 77.0 Å². The molecule has 0 unspecified atom stereocenters. The van der Waals surface area contributed by atoms with E-state index >= 15 is 0 Å². The van der Waals surface area contributed by atoms with Gasteiger partial charge in [0.1, 0.15) is 0 Å². The van der Waals surface area contributed by atoms with Crippen LogP contribution in [0, 0.1) is 0 Å². The van der Waals surface area contributed by atoms with E-state index in [-0.39, 0.29) is 0 Å². The lowest BCUT2D eigenvalue weighted by Gasteiger charge is -2.34. The van der Waals surface area contributed by atoms with Crippen LogP contribution in [0.25, 0.3) is 61.2 Å². The lowest BCUT2D eigenvalue weighted by atomic mass is 9.93. The van der Waals surface area contributed by atoms with E-state index in [4.69, 9.17) is 0 Å². The molecule has 0 bridgehead atoms. The zero-order chi connectivity index (χ0) is 30.8. The van der Waals surface area contributed by atoms with Gasteiger partial charge in [0.25, 0.3) is 0 Å². The third kappa shape index (κ3) is 3.77. The second-order valence-corrected chi connectivity index (χ2v) is 12.1. The van der Waals surface area contributed by atoms with E-state index in [2.05, 4.69) is 169 Å². The van der Waals surface area contributed by atoms with E-state index in [0.29, 0.717) is 0 Å². The monoisotopic (exact) mass is 588 g/mol. The zero-order valence-electron chi connectivity index (χ0n) is 25.7. The van der Waals surface area contributed by atoms with Gasteiger partial charge in [0.05, 0.1) is 16.7 Å². The first-order valence-corrected chi connectivity index (χ1v) is 16.0. The van der Waals surface area contributed by atoms with Crippen LogP contribution < -0.4 is 4.90 Å². The van der Waals surface area contributed by atoms with Gasteiger partial charge in [-0.25, -0.2) is 0 Å². The first-order chi connectivity index (χ1) is 22.8. The number of hydrogen-bond donors (Lipinski definition) is 0. The van der Waals surface area contributed by atoms with Crippen LogP contribution in [0.4, 0.5) is 17.1 Å². The molecular formula is C44H32N2. The standard InChI is InChI=1S/C44H32N2/c1-3-14-37-34(4-2)36-20-11-12-21-38(36)44-42(37)39-26-24-29-15-8-10-19-35(29)43(39)46(44)33-25-23-31-27-30-16-9-13-22-40(30)45(41(31)28-33)32-17-6-5-7-18-32/h3-26,28H,2,27H2,1H3/b14-3-. The molecule has 0 N–H and O–H groups in total. The Bertz CT molecular complexity index is 2530. The molecule has 0 atom stereocenters. The first kappa shape index (κ1) is 26.5. The van der Waals surface area contributed by atoms with Gasteiger partial charge in [-0.2, -0.15) is 0 Å². The van der Waals surface area contributed by atoms with Crippen LogP contribution in [0.15, 0.2) is 146 Å². The SMILES string of the molecule is C=Cc1c(/C=C\C)c2c3ccc4ccccc4c3n(-c3ccc4c(c3)N(c3ccccc3)c3ccccc3C4)c2c2ccccc12. The van der Waals surface area contributed by atoms with Crippen LogP contribution in [-0.4, -0.2) is 4.57 Å². The molecule has 0 fully saturated rings. The summed E-state index contributed by atoms with van der Waals surface area (Å²) in [4.78, 5) is 2.43. The van der Waals surface area contributed by atoms with Crippen molar-refractivity contribution in [1.29, 1.82) is 0 Å². The van der Waals surface area contributed by atoms with Crippen molar-refractivity contribution in [3.8, 4) is 5.69 Å². The highest BCUT2D eigenvalue weighted by atomic mass is 15.2. The molecule has 0 aliphatic carbocycles. The minimum Gasteiger partial charge on any atom is -0.310 e. The van der Waals surface area contributed by atoms with Gasteiger partial charge in [-0.3, -0.25) is 0 Å². The Morgan fingerprint density at radius 3 is 2.11 bits per heavy atom. The molecule has 0 radical (unpaired) electrons. The van der Waals surface area contributed by atoms with Gasteiger partial charge in [0, 0.05) is 45.0 Å². The van der Waals surface area contributed by atoms with E-state index in [0.717, 1.165) is 17.8 Å². The third-order valence-corrected chi connectivity index (χ3v) is 9.62. The molecule has 0 spiro atoms. The van der Waals surface area contributed by atoms with Crippen LogP contribution in [0.3, 0.4) is 0 Å². The number of para-hydroxylation sites is 2. The van der Waals surface area contributed by atoms with Crippen molar-refractivity contribution in [3.63, 3.8) is 0 Å². The molecule has 2 nitrogen and oxygen atoms in total. The van der Waals surface area contributed by atoms with Gasteiger partial charge in [0.2, 0.25) is 0 Å². The van der Waals surface area contributed by atoms with Gasteiger partial charge >= 0.3 is 0 Å². The quantitative estimate of drug-likeness (QED) is 0.199. The maximum atomic E-state index is 4.28. The van der Waals surface area contributed by atoms with Crippen LogP contribution in [0.5, 0.6) is 0 Å². The number of allylic oxidation sites excluding steroid dienone is 1. The number of rotatable bonds is 4. The number of fused-ring (bicyclic) bond motifs is 9.